The second kappa shape index (κ2) is 8.80. The normalized spacial score (nSPS) is 13.7. The maximum Gasteiger partial charge on any atom is 0.249 e. The van der Waals surface area contributed by atoms with E-state index in [1.165, 1.54) is 11.3 Å². The fraction of sp³-hybridized carbons (Fsp3) is 0.474. The molecule has 2 rings (SSSR count). The van der Waals surface area contributed by atoms with Gasteiger partial charge in [-0.1, -0.05) is 76.1 Å². The first-order valence-electron chi connectivity index (χ1n) is 8.83. The molecule has 2 aromatic rings. The highest BCUT2D eigenvalue weighted by molar-refractivity contribution is 7.18. The molecule has 0 saturated heterocycles. The van der Waals surface area contributed by atoms with Crippen molar-refractivity contribution in [2.24, 2.45) is 11.3 Å². The summed E-state index contributed by atoms with van der Waals surface area (Å²) in [5.41, 5.74) is 0.258. The lowest BCUT2D eigenvalue weighted by atomic mass is 9.92. The summed E-state index contributed by atoms with van der Waals surface area (Å²) in [6, 6.07) is 6.64. The van der Waals surface area contributed by atoms with Gasteiger partial charge in [-0.3, -0.25) is 14.9 Å². The second-order valence-electron chi connectivity index (χ2n) is 7.50. The Bertz CT molecular complexity index is 816. The van der Waals surface area contributed by atoms with Crippen molar-refractivity contribution in [2.45, 2.75) is 47.1 Å². The van der Waals surface area contributed by atoms with Crippen LogP contribution in [0, 0.1) is 11.3 Å². The average molecular weight is 409 g/mol. The zero-order valence-electron chi connectivity index (χ0n) is 16.2. The van der Waals surface area contributed by atoms with Crippen LogP contribution in [0.15, 0.2) is 24.3 Å². The number of nitrogens with one attached hydrogen (secondary N) is 2. The van der Waals surface area contributed by atoms with Crippen molar-refractivity contribution in [3.05, 3.63) is 29.3 Å². The Morgan fingerprint density at radius 2 is 1.96 bits per heavy atom. The maximum absolute atomic E-state index is 12.8. The quantitative estimate of drug-likeness (QED) is 0.743. The molecule has 0 bridgehead atoms. The first-order chi connectivity index (χ1) is 12.6. The second-order valence-corrected chi connectivity index (χ2v) is 8.91. The van der Waals surface area contributed by atoms with Crippen LogP contribution < -0.4 is 10.6 Å². The van der Waals surface area contributed by atoms with Crippen molar-refractivity contribution in [1.29, 1.82) is 0 Å². The van der Waals surface area contributed by atoms with Crippen LogP contribution >= 0.6 is 22.9 Å². The number of amides is 2. The molecule has 6 nitrogen and oxygen atoms in total. The van der Waals surface area contributed by atoms with Crippen molar-refractivity contribution in [3.63, 3.8) is 0 Å². The first-order valence-corrected chi connectivity index (χ1v) is 10.0. The number of hydrogen-bond donors (Lipinski definition) is 2. The van der Waals surface area contributed by atoms with Crippen LogP contribution in [0.5, 0.6) is 0 Å². The molecule has 0 saturated carbocycles. The van der Waals surface area contributed by atoms with E-state index in [0.29, 0.717) is 15.2 Å². The Morgan fingerprint density at radius 3 is 2.56 bits per heavy atom. The van der Waals surface area contributed by atoms with Crippen molar-refractivity contribution >= 4 is 39.9 Å². The van der Waals surface area contributed by atoms with Gasteiger partial charge in [0, 0.05) is 16.0 Å². The third-order valence-corrected chi connectivity index (χ3v) is 5.31. The number of carbonyl (C=O) groups excluding carboxylic acids is 2. The van der Waals surface area contributed by atoms with Gasteiger partial charge in [-0.25, -0.2) is 0 Å². The SMILES string of the molecule is CC[C@@H](C)[C@H](NC(=O)C(C)(C)C)C(=O)Nc1nnc(-c2cccc(Cl)c2)s1. The van der Waals surface area contributed by atoms with E-state index in [2.05, 4.69) is 20.8 Å². The number of halogens is 1. The summed E-state index contributed by atoms with van der Waals surface area (Å²) in [6.45, 7) is 9.36. The molecular weight excluding hydrogens is 384 g/mol. The van der Waals surface area contributed by atoms with Crippen molar-refractivity contribution in [1.82, 2.24) is 15.5 Å². The number of carbonyl (C=O) groups is 2. The maximum atomic E-state index is 12.8. The van der Waals surface area contributed by atoms with Crippen molar-refractivity contribution in [3.8, 4) is 10.6 Å². The van der Waals surface area contributed by atoms with Crippen LogP contribution in [-0.2, 0) is 9.59 Å². The molecule has 27 heavy (non-hydrogen) atoms. The predicted molar refractivity (Wildman–Crippen MR) is 110 cm³/mol. The average Bonchev–Trinajstić information content (AvgIpc) is 3.06. The van der Waals surface area contributed by atoms with Gasteiger partial charge in [0.2, 0.25) is 16.9 Å². The van der Waals surface area contributed by atoms with E-state index < -0.39 is 11.5 Å². The number of nitrogens with zero attached hydrogens (tertiary/aromatic N) is 2. The van der Waals surface area contributed by atoms with Gasteiger partial charge in [-0.05, 0) is 18.1 Å². The molecule has 0 unspecified atom stereocenters. The molecule has 0 aliphatic heterocycles. The molecule has 0 aliphatic carbocycles. The van der Waals surface area contributed by atoms with Crippen LogP contribution in [-0.4, -0.2) is 28.1 Å². The van der Waals surface area contributed by atoms with E-state index in [-0.39, 0.29) is 17.7 Å². The molecule has 0 fully saturated rings. The summed E-state index contributed by atoms with van der Waals surface area (Å²) in [6.07, 6.45) is 0.756. The van der Waals surface area contributed by atoms with Gasteiger partial charge in [0.05, 0.1) is 0 Å². The smallest absolute Gasteiger partial charge is 0.249 e. The van der Waals surface area contributed by atoms with E-state index in [9.17, 15) is 9.59 Å². The monoisotopic (exact) mass is 408 g/mol. The van der Waals surface area contributed by atoms with Gasteiger partial charge in [-0.15, -0.1) is 10.2 Å². The minimum Gasteiger partial charge on any atom is -0.344 e. The van der Waals surface area contributed by atoms with Crippen molar-refractivity contribution < 1.29 is 9.59 Å². The summed E-state index contributed by atoms with van der Waals surface area (Å²) in [5.74, 6) is -0.479. The zero-order valence-corrected chi connectivity index (χ0v) is 17.7. The summed E-state index contributed by atoms with van der Waals surface area (Å²) in [7, 11) is 0. The van der Waals surface area contributed by atoms with E-state index in [1.807, 2.05) is 46.8 Å². The summed E-state index contributed by atoms with van der Waals surface area (Å²) < 4.78 is 0. The largest absolute Gasteiger partial charge is 0.344 e. The van der Waals surface area contributed by atoms with Crippen LogP contribution in [0.4, 0.5) is 5.13 Å². The van der Waals surface area contributed by atoms with Gasteiger partial charge in [0.25, 0.3) is 0 Å². The van der Waals surface area contributed by atoms with Crippen LogP contribution in [0.25, 0.3) is 10.6 Å². The molecule has 1 heterocycles. The molecule has 0 spiro atoms. The molecule has 2 amide bonds. The highest BCUT2D eigenvalue weighted by atomic mass is 35.5. The highest BCUT2D eigenvalue weighted by Crippen LogP contribution is 2.28. The number of aromatic nitrogens is 2. The molecule has 0 aliphatic rings. The van der Waals surface area contributed by atoms with Gasteiger partial charge < -0.3 is 5.32 Å². The summed E-state index contributed by atoms with van der Waals surface area (Å²) >= 11 is 7.27. The predicted octanol–water partition coefficient (Wildman–Crippen LogP) is 4.37. The number of benzene rings is 1. The minimum absolute atomic E-state index is 0.0170. The lowest BCUT2D eigenvalue weighted by molar-refractivity contribution is -0.132. The molecule has 8 heteroatoms. The Kier molecular flexibility index (Phi) is 6.95. The minimum atomic E-state index is -0.639. The van der Waals surface area contributed by atoms with Crippen LogP contribution in [0.3, 0.4) is 0 Å². The summed E-state index contributed by atoms with van der Waals surface area (Å²) in [4.78, 5) is 25.1. The van der Waals surface area contributed by atoms with Crippen LogP contribution in [0.1, 0.15) is 41.0 Å². The fourth-order valence-electron chi connectivity index (χ4n) is 2.25. The number of hydrogen-bond acceptors (Lipinski definition) is 5. The number of anilines is 1. The molecule has 1 aromatic heterocycles. The highest BCUT2D eigenvalue weighted by Gasteiger charge is 2.31. The fourth-order valence-corrected chi connectivity index (χ4v) is 3.19. The third-order valence-electron chi connectivity index (χ3n) is 4.19. The molecule has 2 N–H and O–H groups in total. The Labute approximate surface area is 168 Å². The van der Waals surface area contributed by atoms with Gasteiger partial charge in [0.1, 0.15) is 11.0 Å². The van der Waals surface area contributed by atoms with Gasteiger partial charge >= 0.3 is 0 Å². The topological polar surface area (TPSA) is 84.0 Å². The zero-order chi connectivity index (χ0) is 20.2. The van der Waals surface area contributed by atoms with Crippen LogP contribution in [0.2, 0.25) is 5.02 Å². The molecular formula is C19H25ClN4O2S. The summed E-state index contributed by atoms with van der Waals surface area (Å²) in [5, 5.41) is 15.4. The molecule has 146 valence electrons. The van der Waals surface area contributed by atoms with E-state index >= 15 is 0 Å². The first kappa shape index (κ1) is 21.3. The Balaban J connectivity index is 2.14. The molecule has 0 radical (unpaired) electrons. The standard InChI is InChI=1S/C19H25ClN4O2S/c1-6-11(2)14(21-17(26)19(3,4)5)15(25)22-18-24-23-16(27-18)12-8-7-9-13(20)10-12/h7-11,14H,6H2,1-5H3,(H,21,26)(H,22,24,25)/t11-,14+/m1/s1. The van der Waals surface area contributed by atoms with Gasteiger partial charge in [-0.2, -0.15) is 0 Å². The Hall–Kier alpha value is -1.99. The molecule has 2 atom stereocenters. The number of rotatable bonds is 6. The van der Waals surface area contributed by atoms with E-state index in [1.54, 1.807) is 12.1 Å². The lowest BCUT2D eigenvalue weighted by Gasteiger charge is -2.27. The third kappa shape index (κ3) is 5.74. The lowest BCUT2D eigenvalue weighted by Crippen LogP contribution is -2.50. The van der Waals surface area contributed by atoms with E-state index in [0.717, 1.165) is 12.0 Å². The Morgan fingerprint density at radius 1 is 1.26 bits per heavy atom. The van der Waals surface area contributed by atoms with Crippen molar-refractivity contribution in [2.75, 3.05) is 5.32 Å². The van der Waals surface area contributed by atoms with Gasteiger partial charge in [0.15, 0.2) is 0 Å². The van der Waals surface area contributed by atoms with E-state index in [4.69, 9.17) is 11.6 Å². The molecule has 1 aromatic carbocycles.